The van der Waals surface area contributed by atoms with Gasteiger partial charge in [-0.2, -0.15) is 10.2 Å². The van der Waals surface area contributed by atoms with Crippen LogP contribution in [0.5, 0.6) is 0 Å². The van der Waals surface area contributed by atoms with Gasteiger partial charge >= 0.3 is 0 Å². The second-order valence-corrected chi connectivity index (χ2v) is 8.69. The van der Waals surface area contributed by atoms with Crippen molar-refractivity contribution >= 4 is 45.6 Å². The molecule has 8 nitrogen and oxygen atoms in total. The molecule has 4 heterocycles. The summed E-state index contributed by atoms with van der Waals surface area (Å²) in [5, 5.41) is 12.4. The number of hydrogen-bond donors (Lipinski definition) is 0. The predicted octanol–water partition coefficient (Wildman–Crippen LogP) is 3.62. The molecule has 0 N–H and O–H groups in total. The number of rotatable bonds is 6. The zero-order valence-electron chi connectivity index (χ0n) is 16.4. The smallest absolute Gasteiger partial charge is 0.162 e. The summed E-state index contributed by atoms with van der Waals surface area (Å²) in [4.78, 5) is 17.5. The summed E-state index contributed by atoms with van der Waals surface area (Å²) in [5.41, 5.74) is 4.21. The first-order chi connectivity index (χ1) is 14.7. The Balaban J connectivity index is 1.29. The summed E-state index contributed by atoms with van der Waals surface area (Å²) in [6, 6.07) is 8.63. The van der Waals surface area contributed by atoms with E-state index in [4.69, 9.17) is 0 Å². The van der Waals surface area contributed by atoms with Gasteiger partial charge in [0.25, 0.3) is 0 Å². The maximum atomic E-state index is 4.44. The fourth-order valence-electron chi connectivity index (χ4n) is 3.22. The molecule has 0 amide bonds. The Morgan fingerprint density at radius 2 is 1.23 bits per heavy atom. The van der Waals surface area contributed by atoms with Crippen LogP contribution in [-0.4, -0.2) is 39.5 Å². The van der Waals surface area contributed by atoms with E-state index in [9.17, 15) is 0 Å². The summed E-state index contributed by atoms with van der Waals surface area (Å²) in [7, 11) is 3.78. The highest BCUT2D eigenvalue weighted by Gasteiger charge is 2.10. The summed E-state index contributed by atoms with van der Waals surface area (Å²) >= 11 is 3.40. The summed E-state index contributed by atoms with van der Waals surface area (Å²) in [6.07, 6.45) is 6.85. The molecule has 5 aromatic rings. The minimum Gasteiger partial charge on any atom is -0.250 e. The van der Waals surface area contributed by atoms with E-state index in [1.54, 1.807) is 45.5 Å². The van der Waals surface area contributed by atoms with E-state index < -0.39 is 0 Å². The van der Waals surface area contributed by atoms with Crippen molar-refractivity contribution in [1.29, 1.82) is 0 Å². The van der Waals surface area contributed by atoms with E-state index in [1.807, 2.05) is 26.5 Å². The molecule has 1 aromatic carbocycles. The summed E-state index contributed by atoms with van der Waals surface area (Å²) < 4.78 is 3.54. The summed E-state index contributed by atoms with van der Waals surface area (Å²) in [6.45, 7) is 0. The van der Waals surface area contributed by atoms with Gasteiger partial charge in [-0.1, -0.05) is 24.3 Å². The fourth-order valence-corrected chi connectivity index (χ4v) is 5.03. The third-order valence-electron chi connectivity index (χ3n) is 4.73. The van der Waals surface area contributed by atoms with Gasteiger partial charge in [-0.3, -0.25) is 9.36 Å². The lowest BCUT2D eigenvalue weighted by molar-refractivity contribution is 0.784. The van der Waals surface area contributed by atoms with Gasteiger partial charge in [-0.15, -0.1) is 23.5 Å². The average molecular weight is 435 g/mol. The van der Waals surface area contributed by atoms with Crippen molar-refractivity contribution in [3.05, 3.63) is 60.4 Å². The Hall–Kier alpha value is -2.98. The topological polar surface area (TPSA) is 87.2 Å². The molecule has 0 unspecified atom stereocenters. The van der Waals surface area contributed by atoms with Crippen LogP contribution in [0.3, 0.4) is 0 Å². The number of aryl methyl sites for hydroxylation is 2. The van der Waals surface area contributed by atoms with Crippen LogP contribution < -0.4 is 0 Å². The minimum absolute atomic E-state index is 0.833. The van der Waals surface area contributed by atoms with Crippen molar-refractivity contribution in [1.82, 2.24) is 39.5 Å². The van der Waals surface area contributed by atoms with Crippen molar-refractivity contribution in [3.8, 4) is 0 Å². The van der Waals surface area contributed by atoms with Crippen LogP contribution in [0.25, 0.3) is 22.1 Å². The molecule has 10 heteroatoms. The van der Waals surface area contributed by atoms with Crippen LogP contribution in [0.4, 0.5) is 0 Å². The van der Waals surface area contributed by atoms with Crippen molar-refractivity contribution < 1.29 is 0 Å². The first kappa shape index (κ1) is 19.0. The lowest BCUT2D eigenvalue weighted by Crippen LogP contribution is -1.93. The van der Waals surface area contributed by atoms with Gasteiger partial charge in [-0.05, 0) is 11.1 Å². The van der Waals surface area contributed by atoms with Gasteiger partial charge in [0.1, 0.15) is 22.7 Å². The third kappa shape index (κ3) is 3.63. The predicted molar refractivity (Wildman–Crippen MR) is 118 cm³/mol. The molecule has 0 spiro atoms. The lowest BCUT2D eigenvalue weighted by Gasteiger charge is -2.06. The Bertz CT molecular complexity index is 1240. The number of aromatic nitrogens is 8. The quantitative estimate of drug-likeness (QED) is 0.296. The average Bonchev–Trinajstić information content (AvgIpc) is 3.35. The highest BCUT2D eigenvalue weighted by molar-refractivity contribution is 7.98. The van der Waals surface area contributed by atoms with Gasteiger partial charge in [0, 0.05) is 25.6 Å². The maximum absolute atomic E-state index is 4.44. The monoisotopic (exact) mass is 434 g/mol. The van der Waals surface area contributed by atoms with Crippen LogP contribution in [0.15, 0.2) is 59.4 Å². The van der Waals surface area contributed by atoms with Gasteiger partial charge in [0.2, 0.25) is 0 Å². The number of hydrogen-bond acceptors (Lipinski definition) is 8. The standard InChI is InChI=1S/C20H18N8S2/c1-27-17-15(7-25-27)19(23-11-21-17)29-9-13-4-3-5-14(6-13)10-30-20-16-8-26-28(2)18(16)22-12-24-20/h3-8,11-12H,9-10H2,1-2H3. The second-order valence-electron chi connectivity index (χ2n) is 6.77. The van der Waals surface area contributed by atoms with E-state index in [1.165, 1.54) is 11.1 Å². The molecule has 0 fully saturated rings. The van der Waals surface area contributed by atoms with Gasteiger partial charge in [-0.25, -0.2) is 19.9 Å². The highest BCUT2D eigenvalue weighted by atomic mass is 32.2. The van der Waals surface area contributed by atoms with E-state index in [-0.39, 0.29) is 0 Å². The molecule has 0 aliphatic rings. The molecule has 0 saturated heterocycles. The Labute approximate surface area is 181 Å². The van der Waals surface area contributed by atoms with E-state index >= 15 is 0 Å². The van der Waals surface area contributed by atoms with Gasteiger partial charge in [0.15, 0.2) is 11.3 Å². The van der Waals surface area contributed by atoms with Gasteiger partial charge in [0.05, 0.1) is 23.2 Å². The molecule has 0 radical (unpaired) electrons. The molecule has 0 atom stereocenters. The van der Waals surface area contributed by atoms with Crippen molar-refractivity contribution in [3.63, 3.8) is 0 Å². The first-order valence-corrected chi connectivity index (χ1v) is 11.2. The molecule has 0 bridgehead atoms. The Morgan fingerprint density at radius 3 is 1.73 bits per heavy atom. The van der Waals surface area contributed by atoms with Crippen LogP contribution in [-0.2, 0) is 25.6 Å². The Kier molecular flexibility index (Phi) is 5.09. The summed E-state index contributed by atoms with van der Waals surface area (Å²) in [5.74, 6) is 1.67. The maximum Gasteiger partial charge on any atom is 0.162 e. The third-order valence-corrected chi connectivity index (χ3v) is 6.88. The molecule has 0 aliphatic heterocycles. The van der Waals surface area contributed by atoms with Crippen LogP contribution in [0.2, 0.25) is 0 Å². The molecular formula is C20H18N8S2. The number of thioether (sulfide) groups is 2. The number of nitrogens with zero attached hydrogens (tertiary/aromatic N) is 8. The molecule has 0 saturated carbocycles. The van der Waals surface area contributed by atoms with E-state index in [0.29, 0.717) is 0 Å². The number of fused-ring (bicyclic) bond motifs is 2. The lowest BCUT2D eigenvalue weighted by atomic mass is 10.2. The molecule has 30 heavy (non-hydrogen) atoms. The molecule has 0 aliphatic carbocycles. The molecule has 150 valence electrons. The van der Waals surface area contributed by atoms with Crippen LogP contribution >= 0.6 is 23.5 Å². The van der Waals surface area contributed by atoms with E-state index in [2.05, 4.69) is 54.4 Å². The molecular weight excluding hydrogens is 416 g/mol. The first-order valence-electron chi connectivity index (χ1n) is 9.28. The number of benzene rings is 1. The van der Waals surface area contributed by atoms with Crippen molar-refractivity contribution in [2.45, 2.75) is 21.6 Å². The highest BCUT2D eigenvalue weighted by Crippen LogP contribution is 2.29. The van der Waals surface area contributed by atoms with Crippen LogP contribution in [0, 0.1) is 0 Å². The Morgan fingerprint density at radius 1 is 0.733 bits per heavy atom. The molecule has 4 aromatic heterocycles. The SMILES string of the molecule is Cn1ncc2c(SCc3cccc(CSc4ncnc5c4cnn5C)c3)ncnc21. The van der Waals surface area contributed by atoms with Crippen molar-refractivity contribution in [2.75, 3.05) is 0 Å². The second kappa shape index (κ2) is 8.04. The van der Waals surface area contributed by atoms with Crippen LogP contribution in [0.1, 0.15) is 11.1 Å². The zero-order chi connectivity index (χ0) is 20.5. The molecule has 5 rings (SSSR count). The van der Waals surface area contributed by atoms with Gasteiger partial charge < -0.3 is 0 Å². The fraction of sp³-hybridized carbons (Fsp3) is 0.200. The normalized spacial score (nSPS) is 11.5. The minimum atomic E-state index is 0.833. The largest absolute Gasteiger partial charge is 0.250 e. The zero-order valence-corrected chi connectivity index (χ0v) is 18.1. The van der Waals surface area contributed by atoms with Crippen molar-refractivity contribution in [2.24, 2.45) is 14.1 Å². The van der Waals surface area contributed by atoms with E-state index in [0.717, 1.165) is 43.6 Å².